The summed E-state index contributed by atoms with van der Waals surface area (Å²) in [5.41, 5.74) is -0.651. The van der Waals surface area contributed by atoms with Crippen molar-refractivity contribution in [3.05, 3.63) is 32.2 Å². The van der Waals surface area contributed by atoms with Gasteiger partial charge >= 0.3 is 5.97 Å². The quantitative estimate of drug-likeness (QED) is 0.797. The van der Waals surface area contributed by atoms with E-state index in [0.29, 0.717) is 0 Å². The molecule has 0 aliphatic rings. The Morgan fingerprint density at radius 2 is 2.14 bits per heavy atom. The monoisotopic (exact) mass is 235 g/mol. The molecule has 0 amide bonds. The second kappa shape index (κ2) is 4.48. The van der Waals surface area contributed by atoms with Gasteiger partial charge in [0.2, 0.25) is 0 Å². The average Bonchev–Trinajstić information content (AvgIpc) is 2.11. The van der Waals surface area contributed by atoms with Gasteiger partial charge in [-0.3, -0.25) is 4.79 Å². The van der Waals surface area contributed by atoms with Gasteiger partial charge in [0.1, 0.15) is 10.7 Å². The number of carbonyl (C=O) groups is 1. The van der Waals surface area contributed by atoms with Gasteiger partial charge in [-0.1, -0.05) is 23.2 Å². The van der Waals surface area contributed by atoms with Gasteiger partial charge < -0.3 is 9.72 Å². The summed E-state index contributed by atoms with van der Waals surface area (Å²) in [6, 6.07) is 1.20. The molecule has 0 aliphatic carbocycles. The second-order valence-electron chi connectivity index (χ2n) is 2.39. The highest BCUT2D eigenvalue weighted by molar-refractivity contribution is 6.36. The molecule has 0 aromatic carbocycles. The Morgan fingerprint density at radius 3 is 2.71 bits per heavy atom. The topological polar surface area (TPSA) is 59.2 Å². The normalized spacial score (nSPS) is 9.93. The third kappa shape index (κ3) is 2.27. The highest BCUT2D eigenvalue weighted by atomic mass is 35.5. The summed E-state index contributed by atoms with van der Waals surface area (Å²) in [4.78, 5) is 24.5. The fourth-order valence-electron chi connectivity index (χ4n) is 0.834. The molecule has 1 aromatic rings. The zero-order valence-electron chi connectivity index (χ0n) is 7.27. The average molecular weight is 236 g/mol. The molecule has 0 spiro atoms. The lowest BCUT2D eigenvalue weighted by atomic mass is 10.3. The van der Waals surface area contributed by atoms with Gasteiger partial charge in [0, 0.05) is 0 Å². The van der Waals surface area contributed by atoms with Crippen LogP contribution in [0, 0.1) is 0 Å². The van der Waals surface area contributed by atoms with Crippen LogP contribution in [0.3, 0.4) is 0 Å². The summed E-state index contributed by atoms with van der Waals surface area (Å²) < 4.78 is 4.67. The first-order valence-corrected chi connectivity index (χ1v) is 4.57. The number of carbonyl (C=O) groups excluding carboxylic acids is 1. The lowest BCUT2D eigenvalue weighted by Gasteiger charge is -2.03. The van der Waals surface area contributed by atoms with Crippen LogP contribution in [0.4, 0.5) is 0 Å². The summed E-state index contributed by atoms with van der Waals surface area (Å²) in [6.45, 7) is 1.86. The Hall–Kier alpha value is -1.00. The number of aromatic nitrogens is 1. The number of ether oxygens (including phenoxy) is 1. The summed E-state index contributed by atoms with van der Waals surface area (Å²) in [6.07, 6.45) is 0. The van der Waals surface area contributed by atoms with Crippen LogP contribution in [0.2, 0.25) is 10.0 Å². The SMILES string of the molecule is CCOC(=O)c1[nH]c(=O)c(Cl)cc1Cl. The molecule has 0 fully saturated rings. The molecule has 76 valence electrons. The molecule has 1 N–H and O–H groups in total. The summed E-state index contributed by atoms with van der Waals surface area (Å²) in [7, 11) is 0. The number of pyridine rings is 1. The number of aromatic amines is 1. The molecule has 0 atom stereocenters. The van der Waals surface area contributed by atoms with Crippen molar-refractivity contribution < 1.29 is 9.53 Å². The van der Waals surface area contributed by atoms with Crippen LogP contribution in [-0.4, -0.2) is 17.6 Å². The predicted octanol–water partition coefficient (Wildman–Crippen LogP) is 1.86. The smallest absolute Gasteiger partial charge is 0.356 e. The van der Waals surface area contributed by atoms with Crippen LogP contribution in [-0.2, 0) is 4.74 Å². The van der Waals surface area contributed by atoms with Crippen LogP contribution in [0.1, 0.15) is 17.4 Å². The first-order chi connectivity index (χ1) is 6.56. The van der Waals surface area contributed by atoms with Crippen molar-refractivity contribution in [3.8, 4) is 0 Å². The van der Waals surface area contributed by atoms with Crippen LogP contribution in [0.15, 0.2) is 10.9 Å². The van der Waals surface area contributed by atoms with Crippen molar-refractivity contribution in [3.63, 3.8) is 0 Å². The van der Waals surface area contributed by atoms with Gasteiger partial charge in [0.25, 0.3) is 5.56 Å². The van der Waals surface area contributed by atoms with E-state index in [1.165, 1.54) is 6.07 Å². The Balaban J connectivity index is 3.16. The minimum atomic E-state index is -0.675. The minimum Gasteiger partial charge on any atom is -0.461 e. The molecular formula is C8H7Cl2NO3. The van der Waals surface area contributed by atoms with Crippen LogP contribution < -0.4 is 5.56 Å². The molecule has 14 heavy (non-hydrogen) atoms. The van der Waals surface area contributed by atoms with Crippen LogP contribution >= 0.6 is 23.2 Å². The van der Waals surface area contributed by atoms with Gasteiger partial charge in [-0.2, -0.15) is 0 Å². The molecule has 0 bridgehead atoms. The molecule has 6 heteroatoms. The number of rotatable bonds is 2. The zero-order chi connectivity index (χ0) is 10.7. The second-order valence-corrected chi connectivity index (χ2v) is 3.20. The maximum atomic E-state index is 11.2. The van der Waals surface area contributed by atoms with E-state index in [2.05, 4.69) is 9.72 Å². The van der Waals surface area contributed by atoms with E-state index in [1.807, 2.05) is 0 Å². The molecule has 1 heterocycles. The van der Waals surface area contributed by atoms with Crippen LogP contribution in [0.5, 0.6) is 0 Å². The molecule has 0 unspecified atom stereocenters. The van der Waals surface area contributed by atoms with Gasteiger partial charge in [-0.05, 0) is 13.0 Å². The molecular weight excluding hydrogens is 229 g/mol. The van der Waals surface area contributed by atoms with E-state index >= 15 is 0 Å². The molecule has 0 radical (unpaired) electrons. The van der Waals surface area contributed by atoms with E-state index in [4.69, 9.17) is 23.2 Å². The molecule has 0 saturated heterocycles. The zero-order valence-corrected chi connectivity index (χ0v) is 8.78. The van der Waals surface area contributed by atoms with E-state index in [1.54, 1.807) is 6.92 Å². The lowest BCUT2D eigenvalue weighted by molar-refractivity contribution is 0.0519. The van der Waals surface area contributed by atoms with E-state index in [0.717, 1.165) is 0 Å². The van der Waals surface area contributed by atoms with Gasteiger partial charge in [0.05, 0.1) is 11.6 Å². The third-order valence-corrected chi connectivity index (χ3v) is 2.01. The number of hydrogen-bond donors (Lipinski definition) is 1. The Bertz CT molecular complexity index is 414. The van der Waals surface area contributed by atoms with Crippen LogP contribution in [0.25, 0.3) is 0 Å². The highest BCUT2D eigenvalue weighted by Gasteiger charge is 2.13. The standard InChI is InChI=1S/C8H7Cl2NO3/c1-2-14-8(13)6-4(9)3-5(10)7(12)11-6/h3H,2H2,1H3,(H,11,12). The maximum Gasteiger partial charge on any atom is 0.356 e. The molecule has 0 saturated carbocycles. The maximum absolute atomic E-state index is 11.2. The summed E-state index contributed by atoms with van der Waals surface area (Å²) in [5.74, 6) is -0.675. The Labute approximate surface area is 89.8 Å². The summed E-state index contributed by atoms with van der Waals surface area (Å²) >= 11 is 11.2. The highest BCUT2D eigenvalue weighted by Crippen LogP contribution is 2.16. The minimum absolute atomic E-state index is 0.0630. The largest absolute Gasteiger partial charge is 0.461 e. The summed E-state index contributed by atoms with van der Waals surface area (Å²) in [5, 5.41) is -0.00361. The van der Waals surface area contributed by atoms with E-state index in [-0.39, 0.29) is 22.3 Å². The Morgan fingerprint density at radius 1 is 1.50 bits per heavy atom. The van der Waals surface area contributed by atoms with Crippen molar-refractivity contribution in [2.45, 2.75) is 6.92 Å². The molecule has 4 nitrogen and oxygen atoms in total. The van der Waals surface area contributed by atoms with Crippen molar-refractivity contribution in [2.24, 2.45) is 0 Å². The molecule has 1 aromatic heterocycles. The first-order valence-electron chi connectivity index (χ1n) is 3.81. The van der Waals surface area contributed by atoms with Crippen molar-refractivity contribution >= 4 is 29.2 Å². The number of halogens is 2. The fraction of sp³-hybridized carbons (Fsp3) is 0.250. The van der Waals surface area contributed by atoms with Crippen molar-refractivity contribution in [2.75, 3.05) is 6.61 Å². The van der Waals surface area contributed by atoms with Gasteiger partial charge in [-0.15, -0.1) is 0 Å². The van der Waals surface area contributed by atoms with E-state index in [9.17, 15) is 9.59 Å². The number of nitrogens with one attached hydrogen (secondary N) is 1. The van der Waals surface area contributed by atoms with Crippen molar-refractivity contribution in [1.82, 2.24) is 4.98 Å². The van der Waals surface area contributed by atoms with Crippen molar-refractivity contribution in [1.29, 1.82) is 0 Å². The number of esters is 1. The van der Waals surface area contributed by atoms with E-state index < -0.39 is 11.5 Å². The molecule has 1 rings (SSSR count). The third-order valence-electron chi connectivity index (χ3n) is 1.43. The van der Waals surface area contributed by atoms with Gasteiger partial charge in [0.15, 0.2) is 0 Å². The molecule has 0 aliphatic heterocycles. The first kappa shape index (κ1) is 11.1. The van der Waals surface area contributed by atoms with Gasteiger partial charge in [-0.25, -0.2) is 4.79 Å². The number of H-pyrrole nitrogens is 1. The number of hydrogen-bond acceptors (Lipinski definition) is 3. The Kier molecular flexibility index (Phi) is 3.55. The lowest BCUT2D eigenvalue weighted by Crippen LogP contribution is -2.15. The fourth-order valence-corrected chi connectivity index (χ4v) is 1.28. The predicted molar refractivity (Wildman–Crippen MR) is 53.0 cm³/mol.